The van der Waals surface area contributed by atoms with Gasteiger partial charge in [0, 0.05) is 37.6 Å². The van der Waals surface area contributed by atoms with E-state index in [0.717, 1.165) is 35.3 Å². The van der Waals surface area contributed by atoms with Crippen molar-refractivity contribution in [3.05, 3.63) is 39.4 Å². The van der Waals surface area contributed by atoms with Crippen LogP contribution in [0.2, 0.25) is 4.34 Å². The van der Waals surface area contributed by atoms with Crippen LogP contribution >= 0.6 is 34.7 Å². The number of amides is 1. The van der Waals surface area contributed by atoms with Gasteiger partial charge in [0.05, 0.1) is 21.9 Å². The average Bonchev–Trinajstić information content (AvgIpc) is 3.41. The Morgan fingerprint density at radius 2 is 2.07 bits per heavy atom. The molecule has 1 aliphatic rings. The maximum absolute atomic E-state index is 12.6. The van der Waals surface area contributed by atoms with Gasteiger partial charge in [-0.25, -0.2) is 4.68 Å². The summed E-state index contributed by atoms with van der Waals surface area (Å²) in [5.41, 5.74) is 0.793. The molecule has 0 radical (unpaired) electrons. The Labute approximate surface area is 181 Å². The van der Waals surface area contributed by atoms with Crippen LogP contribution in [0.4, 0.5) is 0 Å². The van der Waals surface area contributed by atoms with Crippen molar-refractivity contribution in [2.24, 2.45) is 0 Å². The highest BCUT2D eigenvalue weighted by molar-refractivity contribution is 7.99. The summed E-state index contributed by atoms with van der Waals surface area (Å²) in [4.78, 5) is 18.1. The number of hydrogen-bond donors (Lipinski definition) is 1. The molecule has 0 atom stereocenters. The molecule has 8 nitrogen and oxygen atoms in total. The fraction of sp³-hybridized carbons (Fsp3) is 0.389. The summed E-state index contributed by atoms with van der Waals surface area (Å²) >= 11 is 8.90. The van der Waals surface area contributed by atoms with E-state index < -0.39 is 0 Å². The van der Waals surface area contributed by atoms with Gasteiger partial charge in [-0.15, -0.1) is 21.5 Å². The minimum atomic E-state index is 0.0814. The van der Waals surface area contributed by atoms with Gasteiger partial charge in [-0.3, -0.25) is 9.69 Å². The summed E-state index contributed by atoms with van der Waals surface area (Å²) in [5, 5.41) is 8.74. The number of furan rings is 1. The Morgan fingerprint density at radius 3 is 2.72 bits per heavy atom. The van der Waals surface area contributed by atoms with E-state index in [9.17, 15) is 4.79 Å². The third kappa shape index (κ3) is 4.61. The molecule has 1 saturated heterocycles. The summed E-state index contributed by atoms with van der Waals surface area (Å²) in [6.07, 6.45) is 1.59. The Bertz CT molecular complexity index is 992. The number of rotatable bonds is 6. The highest BCUT2D eigenvalue weighted by Crippen LogP contribution is 2.26. The van der Waals surface area contributed by atoms with Gasteiger partial charge >= 0.3 is 0 Å². The van der Waals surface area contributed by atoms with Gasteiger partial charge in [-0.05, 0) is 25.1 Å². The molecule has 1 amide bonds. The second-order valence-electron chi connectivity index (χ2n) is 6.72. The van der Waals surface area contributed by atoms with Crippen molar-refractivity contribution < 1.29 is 9.21 Å². The van der Waals surface area contributed by atoms with Crippen molar-refractivity contribution in [3.8, 4) is 11.4 Å². The molecule has 0 saturated carbocycles. The lowest BCUT2D eigenvalue weighted by atomic mass is 10.2. The molecule has 1 aliphatic heterocycles. The molecule has 3 aromatic heterocycles. The number of carbonyl (C=O) groups is 1. The number of piperazine rings is 1. The molecule has 1 fully saturated rings. The third-order valence-electron chi connectivity index (χ3n) is 4.82. The van der Waals surface area contributed by atoms with Gasteiger partial charge in [0.1, 0.15) is 5.76 Å². The van der Waals surface area contributed by atoms with Gasteiger partial charge in [-0.2, -0.15) is 0 Å². The monoisotopic (exact) mass is 452 g/mol. The van der Waals surface area contributed by atoms with Crippen LogP contribution in [0.3, 0.4) is 0 Å². The third-order valence-corrected chi connectivity index (χ3v) is 6.97. The normalized spacial score (nSPS) is 15.2. The number of nitrogens with zero attached hydrogens (tertiary/aromatic N) is 5. The fourth-order valence-electron chi connectivity index (χ4n) is 3.21. The Hall–Kier alpha value is -2.01. The van der Waals surface area contributed by atoms with Gasteiger partial charge in [0.2, 0.25) is 11.1 Å². The van der Waals surface area contributed by atoms with Gasteiger partial charge < -0.3 is 15.2 Å². The molecule has 4 heterocycles. The first-order valence-electron chi connectivity index (χ1n) is 9.13. The minimum Gasteiger partial charge on any atom is -0.469 e. The zero-order chi connectivity index (χ0) is 20.4. The van der Waals surface area contributed by atoms with Crippen molar-refractivity contribution in [2.45, 2.75) is 18.6 Å². The number of carbonyl (C=O) groups excluding carboxylic acids is 1. The van der Waals surface area contributed by atoms with E-state index in [0.29, 0.717) is 24.1 Å². The van der Waals surface area contributed by atoms with E-state index in [4.69, 9.17) is 21.9 Å². The topological polar surface area (TPSA) is 93.4 Å². The fourth-order valence-corrected chi connectivity index (χ4v) is 5.10. The first kappa shape index (κ1) is 20.3. The molecular weight excluding hydrogens is 432 g/mol. The zero-order valence-corrected chi connectivity index (χ0v) is 18.3. The molecule has 4 rings (SSSR count). The van der Waals surface area contributed by atoms with E-state index in [1.54, 1.807) is 23.7 Å². The van der Waals surface area contributed by atoms with Gasteiger partial charge in [-0.1, -0.05) is 23.4 Å². The predicted octanol–water partition coefficient (Wildman–Crippen LogP) is 2.71. The van der Waals surface area contributed by atoms with Crippen molar-refractivity contribution in [3.63, 3.8) is 0 Å². The molecule has 154 valence electrons. The molecule has 0 aliphatic carbocycles. The van der Waals surface area contributed by atoms with E-state index >= 15 is 0 Å². The van der Waals surface area contributed by atoms with Crippen LogP contribution in [-0.4, -0.2) is 62.5 Å². The number of nitrogen functional groups attached to an aromatic ring is 1. The van der Waals surface area contributed by atoms with E-state index in [2.05, 4.69) is 21.2 Å². The van der Waals surface area contributed by atoms with Crippen LogP contribution in [0.15, 0.2) is 34.0 Å². The average molecular weight is 453 g/mol. The number of aryl methyl sites for hydroxylation is 1. The van der Waals surface area contributed by atoms with Crippen LogP contribution in [0, 0.1) is 6.92 Å². The Morgan fingerprint density at radius 1 is 1.28 bits per heavy atom. The molecule has 11 heteroatoms. The molecular formula is C18H21ClN6O2S2. The number of thioether (sulfide) groups is 1. The van der Waals surface area contributed by atoms with Crippen LogP contribution in [0.1, 0.15) is 10.6 Å². The van der Waals surface area contributed by atoms with E-state index in [1.165, 1.54) is 21.3 Å². The molecule has 0 bridgehead atoms. The first-order chi connectivity index (χ1) is 14.0. The first-order valence-corrected chi connectivity index (χ1v) is 11.3. The van der Waals surface area contributed by atoms with Crippen LogP contribution in [-0.2, 0) is 11.3 Å². The smallest absolute Gasteiger partial charge is 0.233 e. The summed E-state index contributed by atoms with van der Waals surface area (Å²) in [6.45, 7) is 5.85. The second kappa shape index (κ2) is 8.78. The Kier molecular flexibility index (Phi) is 6.14. The standard InChI is InChI=1S/C18H21ClN6O2S2/c1-12-14(4-9-27-12)17-21-22-18(25(17)20)28-11-16(26)24-7-5-23(6-8-24)10-13-2-3-15(19)29-13/h2-4,9H,5-8,10-11,20H2,1H3. The minimum absolute atomic E-state index is 0.0814. The lowest BCUT2D eigenvalue weighted by Crippen LogP contribution is -2.48. The van der Waals surface area contributed by atoms with Crippen LogP contribution in [0.5, 0.6) is 0 Å². The molecule has 0 unspecified atom stereocenters. The predicted molar refractivity (Wildman–Crippen MR) is 115 cm³/mol. The highest BCUT2D eigenvalue weighted by atomic mass is 35.5. The summed E-state index contributed by atoms with van der Waals surface area (Å²) in [6, 6.07) is 5.78. The molecule has 29 heavy (non-hydrogen) atoms. The van der Waals surface area contributed by atoms with Crippen molar-refractivity contribution >= 4 is 40.6 Å². The largest absolute Gasteiger partial charge is 0.469 e. The Balaban J connectivity index is 1.27. The van der Waals surface area contributed by atoms with Gasteiger partial charge in [0.25, 0.3) is 0 Å². The van der Waals surface area contributed by atoms with Crippen molar-refractivity contribution in [1.82, 2.24) is 24.7 Å². The van der Waals surface area contributed by atoms with Crippen LogP contribution < -0.4 is 5.84 Å². The van der Waals surface area contributed by atoms with Crippen molar-refractivity contribution in [1.29, 1.82) is 0 Å². The SMILES string of the molecule is Cc1occc1-c1nnc(SCC(=O)N2CCN(Cc3ccc(Cl)s3)CC2)n1N. The van der Waals surface area contributed by atoms with Gasteiger partial charge in [0.15, 0.2) is 5.82 Å². The number of thiophene rings is 1. The summed E-state index contributed by atoms with van der Waals surface area (Å²) in [7, 11) is 0. The quantitative estimate of drug-likeness (QED) is 0.454. The maximum Gasteiger partial charge on any atom is 0.233 e. The van der Waals surface area contributed by atoms with E-state index in [1.807, 2.05) is 17.9 Å². The summed E-state index contributed by atoms with van der Waals surface area (Å²) in [5.74, 6) is 7.71. The number of halogens is 1. The second-order valence-corrected chi connectivity index (χ2v) is 9.46. The van der Waals surface area contributed by atoms with Crippen LogP contribution in [0.25, 0.3) is 11.4 Å². The van der Waals surface area contributed by atoms with Crippen molar-refractivity contribution in [2.75, 3.05) is 37.8 Å². The molecule has 3 aromatic rings. The lowest BCUT2D eigenvalue weighted by Gasteiger charge is -2.34. The maximum atomic E-state index is 12.6. The molecule has 0 aromatic carbocycles. The number of hydrogen-bond acceptors (Lipinski definition) is 8. The lowest BCUT2D eigenvalue weighted by molar-refractivity contribution is -0.130. The molecule has 2 N–H and O–H groups in total. The number of aromatic nitrogens is 3. The molecule has 0 spiro atoms. The highest BCUT2D eigenvalue weighted by Gasteiger charge is 2.23. The summed E-state index contributed by atoms with van der Waals surface area (Å²) < 4.78 is 7.51. The zero-order valence-electron chi connectivity index (χ0n) is 15.9. The van der Waals surface area contributed by atoms with E-state index in [-0.39, 0.29) is 11.7 Å². The number of nitrogens with two attached hydrogens (primary N) is 1.